The van der Waals surface area contributed by atoms with Crippen molar-refractivity contribution < 1.29 is 18.0 Å². The van der Waals surface area contributed by atoms with Gasteiger partial charge in [-0.3, -0.25) is 4.79 Å². The number of carbonyl (C=O) groups excluding carboxylic acids is 1. The number of amides is 1. The van der Waals surface area contributed by atoms with E-state index in [9.17, 15) is 18.0 Å². The smallest absolute Gasteiger partial charge is 0.348 e. The molecule has 0 radical (unpaired) electrons. The summed E-state index contributed by atoms with van der Waals surface area (Å²) in [7, 11) is 0. The normalized spacial score (nSPS) is 17.1. The van der Waals surface area contributed by atoms with Crippen LogP contribution in [-0.2, 0) is 4.79 Å². The van der Waals surface area contributed by atoms with Gasteiger partial charge in [0.1, 0.15) is 0 Å². The molecule has 0 aromatic carbocycles. The van der Waals surface area contributed by atoms with Gasteiger partial charge in [0, 0.05) is 12.8 Å². The molecule has 0 aromatic rings. The van der Waals surface area contributed by atoms with Crippen molar-refractivity contribution in [3.8, 4) is 0 Å². The molecule has 0 aliphatic rings. The minimum Gasteiger partial charge on any atom is -0.370 e. The van der Waals surface area contributed by atoms with Crippen LogP contribution < -0.4 is 5.73 Å². The average Bonchev–Trinajstić information content (AvgIpc) is 1.81. The van der Waals surface area contributed by atoms with Gasteiger partial charge in [0.05, 0.1) is 0 Å². The van der Waals surface area contributed by atoms with Crippen molar-refractivity contribution in [3.05, 3.63) is 0 Å². The van der Waals surface area contributed by atoms with Crippen LogP contribution in [-0.4, -0.2) is 15.9 Å². The van der Waals surface area contributed by atoms with E-state index in [-0.39, 0.29) is 0 Å². The Morgan fingerprint density at radius 3 is 2.17 bits per heavy atom. The Labute approximate surface area is 80.4 Å². The Hall–Kier alpha value is 0.0300. The van der Waals surface area contributed by atoms with Crippen LogP contribution in [0.3, 0.4) is 0 Å². The van der Waals surface area contributed by atoms with E-state index in [4.69, 9.17) is 11.6 Å². The number of carbonyl (C=O) groups is 1. The highest BCUT2D eigenvalue weighted by Crippen LogP contribution is 2.44. The van der Waals surface area contributed by atoms with Gasteiger partial charge in [-0.05, 0) is 15.9 Å². The SMILES string of the molecule is NC(=O)CCC(F)(Cl)C(F)(F)Br. The number of hydrogen-bond donors (Lipinski definition) is 1. The van der Waals surface area contributed by atoms with Crippen LogP contribution in [0.5, 0.6) is 0 Å². The number of halogens is 5. The molecule has 1 atom stereocenters. The first kappa shape index (κ1) is 12.0. The molecule has 0 fully saturated rings. The van der Waals surface area contributed by atoms with Gasteiger partial charge in [0.2, 0.25) is 5.91 Å². The Kier molecular flexibility index (Phi) is 3.84. The maximum absolute atomic E-state index is 12.7. The van der Waals surface area contributed by atoms with Crippen molar-refractivity contribution >= 4 is 33.4 Å². The Morgan fingerprint density at radius 1 is 1.50 bits per heavy atom. The maximum Gasteiger partial charge on any atom is 0.348 e. The molecular formula is C5H6BrClF3NO. The fraction of sp³-hybridized carbons (Fsp3) is 0.800. The van der Waals surface area contributed by atoms with Crippen LogP contribution in [0.25, 0.3) is 0 Å². The minimum atomic E-state index is -3.86. The van der Waals surface area contributed by atoms with Crippen LogP contribution in [0.1, 0.15) is 12.8 Å². The summed E-state index contributed by atoms with van der Waals surface area (Å²) in [6.45, 7) is 0. The Balaban J connectivity index is 4.14. The van der Waals surface area contributed by atoms with Gasteiger partial charge in [-0.25, -0.2) is 4.39 Å². The minimum absolute atomic E-state index is 0.527. The van der Waals surface area contributed by atoms with Crippen LogP contribution >= 0.6 is 27.5 Å². The zero-order valence-electron chi connectivity index (χ0n) is 5.79. The third-order valence-corrected chi connectivity index (χ3v) is 2.38. The van der Waals surface area contributed by atoms with Crippen molar-refractivity contribution in [2.45, 2.75) is 22.8 Å². The fourth-order valence-electron chi connectivity index (χ4n) is 0.422. The molecule has 0 rings (SSSR count). The van der Waals surface area contributed by atoms with Gasteiger partial charge in [-0.1, -0.05) is 11.6 Å². The summed E-state index contributed by atoms with van der Waals surface area (Å²) in [4.78, 5) is 6.25. The van der Waals surface area contributed by atoms with Crippen molar-refractivity contribution in [1.82, 2.24) is 0 Å². The van der Waals surface area contributed by atoms with Crippen LogP contribution in [0.2, 0.25) is 0 Å². The van der Waals surface area contributed by atoms with Crippen LogP contribution in [0, 0.1) is 0 Å². The lowest BCUT2D eigenvalue weighted by Crippen LogP contribution is -2.34. The molecule has 1 amide bonds. The van der Waals surface area contributed by atoms with Crippen molar-refractivity contribution in [2.24, 2.45) is 5.73 Å². The molecule has 12 heavy (non-hydrogen) atoms. The molecular weight excluding hydrogens is 262 g/mol. The summed E-state index contributed by atoms with van der Waals surface area (Å²) in [6, 6.07) is 0. The van der Waals surface area contributed by atoms with Gasteiger partial charge in [-0.2, -0.15) is 8.78 Å². The zero-order valence-corrected chi connectivity index (χ0v) is 8.13. The molecule has 0 saturated carbocycles. The van der Waals surface area contributed by atoms with Crippen LogP contribution in [0.4, 0.5) is 13.2 Å². The van der Waals surface area contributed by atoms with Gasteiger partial charge >= 0.3 is 4.83 Å². The summed E-state index contributed by atoms with van der Waals surface area (Å²) >= 11 is 6.54. The first-order valence-corrected chi connectivity index (χ1v) is 4.07. The van der Waals surface area contributed by atoms with Crippen LogP contribution in [0.15, 0.2) is 0 Å². The predicted octanol–water partition coefficient (Wildman–Crippen LogP) is 2.14. The lowest BCUT2D eigenvalue weighted by atomic mass is 10.2. The highest BCUT2D eigenvalue weighted by molar-refractivity contribution is 9.10. The van der Waals surface area contributed by atoms with Crippen molar-refractivity contribution in [2.75, 3.05) is 0 Å². The van der Waals surface area contributed by atoms with E-state index in [1.807, 2.05) is 0 Å². The Morgan fingerprint density at radius 2 is 1.92 bits per heavy atom. The number of nitrogens with two attached hydrogens (primary N) is 1. The average molecular weight is 268 g/mol. The molecule has 0 aliphatic heterocycles. The molecule has 0 bridgehead atoms. The number of rotatable bonds is 4. The third-order valence-electron chi connectivity index (χ3n) is 1.10. The summed E-state index contributed by atoms with van der Waals surface area (Å²) in [6.07, 6.45) is -1.36. The second-order valence-electron chi connectivity index (χ2n) is 2.17. The molecule has 0 heterocycles. The summed E-state index contributed by atoms with van der Waals surface area (Å²) in [5, 5.41) is -3.28. The molecule has 0 spiro atoms. The quantitative estimate of drug-likeness (QED) is 0.780. The molecule has 0 aromatic heterocycles. The summed E-state index contributed by atoms with van der Waals surface area (Å²) in [5.41, 5.74) is 4.62. The zero-order chi connectivity index (χ0) is 9.99. The topological polar surface area (TPSA) is 43.1 Å². The van der Waals surface area contributed by atoms with Gasteiger partial charge in [0.25, 0.3) is 5.13 Å². The molecule has 7 heteroatoms. The lowest BCUT2D eigenvalue weighted by molar-refractivity contribution is -0.119. The monoisotopic (exact) mass is 267 g/mol. The predicted molar refractivity (Wildman–Crippen MR) is 42.0 cm³/mol. The van der Waals surface area contributed by atoms with Gasteiger partial charge in [-0.15, -0.1) is 0 Å². The van der Waals surface area contributed by atoms with E-state index in [0.29, 0.717) is 0 Å². The second-order valence-corrected chi connectivity index (χ2v) is 3.76. The molecule has 72 valence electrons. The van der Waals surface area contributed by atoms with E-state index < -0.39 is 28.7 Å². The van der Waals surface area contributed by atoms with Gasteiger partial charge in [0.15, 0.2) is 0 Å². The van der Waals surface area contributed by atoms with E-state index >= 15 is 0 Å². The first-order chi connectivity index (χ1) is 5.17. The largest absolute Gasteiger partial charge is 0.370 e. The Bertz CT molecular complexity index is 182. The lowest BCUT2D eigenvalue weighted by Gasteiger charge is -2.22. The molecule has 0 aliphatic carbocycles. The number of primary amides is 1. The molecule has 1 unspecified atom stereocenters. The standard InChI is InChI=1S/C5H6BrClF3NO/c6-5(9,10)4(7,8)2-1-3(11)12/h1-2H2,(H2,11,12). The first-order valence-electron chi connectivity index (χ1n) is 2.89. The van der Waals surface area contributed by atoms with Gasteiger partial charge < -0.3 is 5.73 Å². The van der Waals surface area contributed by atoms with Crippen molar-refractivity contribution in [1.29, 1.82) is 0 Å². The van der Waals surface area contributed by atoms with E-state index in [1.165, 1.54) is 0 Å². The second kappa shape index (κ2) is 3.83. The number of alkyl halides is 5. The highest BCUT2D eigenvalue weighted by Gasteiger charge is 2.51. The van der Waals surface area contributed by atoms with E-state index in [1.54, 1.807) is 15.9 Å². The highest BCUT2D eigenvalue weighted by atomic mass is 79.9. The summed E-state index contributed by atoms with van der Waals surface area (Å²) < 4.78 is 37.1. The maximum atomic E-state index is 12.7. The molecule has 0 saturated heterocycles. The molecule has 2 nitrogen and oxygen atoms in total. The fourth-order valence-corrected chi connectivity index (χ4v) is 0.715. The third kappa shape index (κ3) is 3.62. The molecule has 2 N–H and O–H groups in total. The van der Waals surface area contributed by atoms with E-state index in [0.717, 1.165) is 0 Å². The summed E-state index contributed by atoms with van der Waals surface area (Å²) in [5.74, 6) is -0.880. The number of hydrogen-bond acceptors (Lipinski definition) is 1. The van der Waals surface area contributed by atoms with Crippen molar-refractivity contribution in [3.63, 3.8) is 0 Å². The van der Waals surface area contributed by atoms with E-state index in [2.05, 4.69) is 5.73 Å².